The van der Waals surface area contributed by atoms with E-state index >= 15 is 0 Å². The van der Waals surface area contributed by atoms with Crippen LogP contribution < -0.4 is 25.8 Å². The van der Waals surface area contributed by atoms with Gasteiger partial charge in [-0.15, -0.1) is 0 Å². The smallest absolute Gasteiger partial charge is 0.220 e. The van der Waals surface area contributed by atoms with E-state index in [1.165, 1.54) is 0 Å². The third kappa shape index (κ3) is 3.72. The lowest BCUT2D eigenvalue weighted by molar-refractivity contribution is 0.303. The van der Waals surface area contributed by atoms with E-state index in [1.54, 1.807) is 7.11 Å². The summed E-state index contributed by atoms with van der Waals surface area (Å²) in [5.74, 6) is 1.99. The van der Waals surface area contributed by atoms with Crippen molar-refractivity contribution in [2.45, 2.75) is 26.1 Å². The Hall–Kier alpha value is -3.22. The Kier molecular flexibility index (Phi) is 4.71. The molecule has 0 aromatic heterocycles. The van der Waals surface area contributed by atoms with Crippen molar-refractivity contribution in [2.75, 3.05) is 12.0 Å². The first-order valence-electron chi connectivity index (χ1n) is 8.24. The van der Waals surface area contributed by atoms with E-state index in [0.29, 0.717) is 12.6 Å². The lowest BCUT2D eigenvalue weighted by Gasteiger charge is -2.38. The summed E-state index contributed by atoms with van der Waals surface area (Å²) >= 11 is 0. The van der Waals surface area contributed by atoms with E-state index in [1.807, 2.05) is 67.3 Å². The molecule has 0 atom stereocenters. The first-order chi connectivity index (χ1) is 12.4. The quantitative estimate of drug-likeness (QED) is 0.860. The molecule has 0 spiro atoms. The maximum absolute atomic E-state index is 6.09. The number of methoxy groups -OCH3 is 1. The number of hydrogen-bond acceptors (Lipinski definition) is 7. The first kappa shape index (κ1) is 17.6. The van der Waals surface area contributed by atoms with Crippen molar-refractivity contribution in [2.24, 2.45) is 21.5 Å². The van der Waals surface area contributed by atoms with Crippen molar-refractivity contribution >= 4 is 17.6 Å². The highest BCUT2D eigenvalue weighted by Crippen LogP contribution is 2.28. The Labute approximate surface area is 152 Å². The van der Waals surface area contributed by atoms with Crippen LogP contribution >= 0.6 is 0 Å². The minimum Gasteiger partial charge on any atom is -0.497 e. The third-order valence-electron chi connectivity index (χ3n) is 4.01. The molecule has 1 aliphatic heterocycles. The van der Waals surface area contributed by atoms with Crippen molar-refractivity contribution in [3.05, 3.63) is 54.1 Å². The van der Waals surface area contributed by atoms with E-state index in [0.717, 1.165) is 22.7 Å². The highest BCUT2D eigenvalue weighted by Gasteiger charge is 2.32. The monoisotopic (exact) mass is 353 g/mol. The molecular weight excluding hydrogens is 330 g/mol. The second-order valence-electron chi connectivity index (χ2n) is 6.41. The molecule has 7 nitrogen and oxygen atoms in total. The average molecular weight is 353 g/mol. The molecular formula is C19H23N5O2. The van der Waals surface area contributed by atoms with Crippen LogP contribution in [0.2, 0.25) is 0 Å². The van der Waals surface area contributed by atoms with Gasteiger partial charge in [0.2, 0.25) is 11.9 Å². The molecule has 0 aliphatic carbocycles. The van der Waals surface area contributed by atoms with Crippen molar-refractivity contribution in [3.63, 3.8) is 0 Å². The molecule has 1 aliphatic rings. The highest BCUT2D eigenvalue weighted by atomic mass is 16.5. The zero-order chi connectivity index (χ0) is 18.7. The van der Waals surface area contributed by atoms with Gasteiger partial charge >= 0.3 is 0 Å². The normalized spacial score (nSPS) is 15.9. The van der Waals surface area contributed by atoms with Crippen molar-refractivity contribution in [3.8, 4) is 11.5 Å². The summed E-state index contributed by atoms with van der Waals surface area (Å²) in [6.07, 6.45) is 0. The van der Waals surface area contributed by atoms with Crippen LogP contribution in [0.4, 0.5) is 5.69 Å². The maximum atomic E-state index is 6.09. The van der Waals surface area contributed by atoms with Gasteiger partial charge in [0.15, 0.2) is 0 Å². The zero-order valence-corrected chi connectivity index (χ0v) is 15.1. The van der Waals surface area contributed by atoms with Crippen LogP contribution in [0.5, 0.6) is 11.5 Å². The lowest BCUT2D eigenvalue weighted by Crippen LogP contribution is -2.54. The molecule has 0 radical (unpaired) electrons. The standard InChI is InChI=1S/C19H23N5O2/c1-19(2)23-17(20)22-18(21)24(19)14-7-4-6-13(10-14)12-26-16-9-5-8-15(11-16)25-3/h4-11H,12H2,1-3H3,(H4,20,21,22,23). The van der Waals surface area contributed by atoms with Crippen LogP contribution in [0, 0.1) is 0 Å². The van der Waals surface area contributed by atoms with Gasteiger partial charge < -0.3 is 20.9 Å². The number of rotatable bonds is 5. The number of hydrogen-bond donors (Lipinski definition) is 2. The molecule has 0 fully saturated rings. The molecule has 26 heavy (non-hydrogen) atoms. The average Bonchev–Trinajstić information content (AvgIpc) is 2.59. The summed E-state index contributed by atoms with van der Waals surface area (Å²) in [6, 6.07) is 15.4. The highest BCUT2D eigenvalue weighted by molar-refractivity contribution is 6.05. The van der Waals surface area contributed by atoms with Crippen molar-refractivity contribution < 1.29 is 9.47 Å². The minimum atomic E-state index is -0.623. The van der Waals surface area contributed by atoms with Gasteiger partial charge in [0.1, 0.15) is 23.8 Å². The van der Waals surface area contributed by atoms with Crippen LogP contribution in [0.15, 0.2) is 58.5 Å². The summed E-state index contributed by atoms with van der Waals surface area (Å²) in [6.45, 7) is 4.28. The van der Waals surface area contributed by atoms with Crippen molar-refractivity contribution in [1.82, 2.24) is 0 Å². The van der Waals surface area contributed by atoms with E-state index < -0.39 is 5.66 Å². The Morgan fingerprint density at radius 3 is 2.50 bits per heavy atom. The van der Waals surface area contributed by atoms with Gasteiger partial charge in [0.05, 0.1) is 7.11 Å². The van der Waals surface area contributed by atoms with Gasteiger partial charge in [-0.25, -0.2) is 4.99 Å². The predicted molar refractivity (Wildman–Crippen MR) is 104 cm³/mol. The minimum absolute atomic E-state index is 0.182. The predicted octanol–water partition coefficient (Wildman–Crippen LogP) is 2.46. The second-order valence-corrected chi connectivity index (χ2v) is 6.41. The van der Waals surface area contributed by atoms with Gasteiger partial charge in [-0.05, 0) is 43.7 Å². The molecule has 0 amide bonds. The Bertz CT molecular complexity index is 861. The van der Waals surface area contributed by atoms with Gasteiger partial charge in [-0.3, -0.25) is 4.90 Å². The SMILES string of the molecule is COc1cccc(OCc2cccc(N3C(N)=NC(N)=NC3(C)C)c2)c1. The largest absolute Gasteiger partial charge is 0.497 e. The molecule has 7 heteroatoms. The molecule has 2 aromatic rings. The molecule has 1 heterocycles. The Morgan fingerprint density at radius 1 is 1.04 bits per heavy atom. The number of anilines is 1. The van der Waals surface area contributed by atoms with Gasteiger partial charge in [-0.2, -0.15) is 4.99 Å². The summed E-state index contributed by atoms with van der Waals surface area (Å²) < 4.78 is 11.1. The molecule has 0 saturated carbocycles. The van der Waals surface area contributed by atoms with Crippen molar-refractivity contribution in [1.29, 1.82) is 0 Å². The molecule has 0 unspecified atom stereocenters. The third-order valence-corrected chi connectivity index (χ3v) is 4.01. The van der Waals surface area contributed by atoms with Gasteiger partial charge in [0, 0.05) is 11.8 Å². The van der Waals surface area contributed by atoms with Crippen LogP contribution in [0.1, 0.15) is 19.4 Å². The van der Waals surface area contributed by atoms with E-state index in [9.17, 15) is 0 Å². The van der Waals surface area contributed by atoms with Gasteiger partial charge in [-0.1, -0.05) is 18.2 Å². The molecule has 0 saturated heterocycles. The van der Waals surface area contributed by atoms with Crippen LogP contribution in [0.3, 0.4) is 0 Å². The van der Waals surface area contributed by atoms with E-state index in [-0.39, 0.29) is 5.96 Å². The fourth-order valence-electron chi connectivity index (χ4n) is 2.89. The number of guanidine groups is 2. The fourth-order valence-corrected chi connectivity index (χ4v) is 2.89. The number of nitrogens with two attached hydrogens (primary N) is 2. The van der Waals surface area contributed by atoms with Crippen LogP contribution in [0.25, 0.3) is 0 Å². The summed E-state index contributed by atoms with van der Waals surface area (Å²) in [5.41, 5.74) is 13.1. The molecule has 0 bridgehead atoms. The number of nitrogens with zero attached hydrogens (tertiary/aromatic N) is 3. The second kappa shape index (κ2) is 6.95. The fraction of sp³-hybridized carbons (Fsp3) is 0.263. The topological polar surface area (TPSA) is 98.5 Å². The maximum Gasteiger partial charge on any atom is 0.220 e. The van der Waals surface area contributed by atoms with E-state index in [2.05, 4.69) is 9.98 Å². The molecule has 3 rings (SSSR count). The summed E-state index contributed by atoms with van der Waals surface area (Å²) in [4.78, 5) is 10.3. The Balaban J connectivity index is 1.79. The summed E-state index contributed by atoms with van der Waals surface area (Å²) in [7, 11) is 1.63. The molecule has 2 aromatic carbocycles. The van der Waals surface area contributed by atoms with E-state index in [4.69, 9.17) is 20.9 Å². The number of ether oxygens (including phenoxy) is 2. The lowest BCUT2D eigenvalue weighted by atomic mass is 10.1. The van der Waals surface area contributed by atoms with Crippen LogP contribution in [-0.4, -0.2) is 24.7 Å². The molecule has 136 valence electrons. The van der Waals surface area contributed by atoms with Gasteiger partial charge in [0.25, 0.3) is 0 Å². The molecule has 4 N–H and O–H groups in total. The first-order valence-corrected chi connectivity index (χ1v) is 8.24. The summed E-state index contributed by atoms with van der Waals surface area (Å²) in [5, 5.41) is 0. The van der Waals surface area contributed by atoms with Crippen LogP contribution in [-0.2, 0) is 6.61 Å². The number of benzene rings is 2. The Morgan fingerprint density at radius 2 is 1.77 bits per heavy atom. The number of aliphatic imine (C=N–C) groups is 2. The zero-order valence-electron chi connectivity index (χ0n) is 15.1.